The summed E-state index contributed by atoms with van der Waals surface area (Å²) in [6.45, 7) is 0.127. The van der Waals surface area contributed by atoms with Crippen molar-refractivity contribution in [1.82, 2.24) is 9.66 Å². The minimum atomic E-state index is -0.231. The first-order chi connectivity index (χ1) is 13.7. The summed E-state index contributed by atoms with van der Waals surface area (Å²) in [5.74, 6) is 1.13. The zero-order valence-electron chi connectivity index (χ0n) is 14.8. The van der Waals surface area contributed by atoms with Crippen LogP contribution in [0.5, 0.6) is 5.75 Å². The maximum absolute atomic E-state index is 13.0. The Morgan fingerprint density at radius 1 is 0.964 bits per heavy atom. The van der Waals surface area contributed by atoms with Gasteiger partial charge in [-0.1, -0.05) is 58.4 Å². The Labute approximate surface area is 170 Å². The van der Waals surface area contributed by atoms with Crippen LogP contribution in [0, 0.1) is 0 Å². The lowest BCUT2D eigenvalue weighted by molar-refractivity contribution is 0.289. The number of halogens is 1. The number of fused-ring (bicyclic) bond motifs is 1. The van der Waals surface area contributed by atoms with E-state index in [0.29, 0.717) is 22.5 Å². The van der Waals surface area contributed by atoms with Crippen LogP contribution in [-0.4, -0.2) is 15.9 Å². The Morgan fingerprint density at radius 2 is 1.68 bits per heavy atom. The van der Waals surface area contributed by atoms with Gasteiger partial charge in [-0.2, -0.15) is 9.78 Å². The predicted octanol–water partition coefficient (Wildman–Crippen LogP) is 4.62. The Bertz CT molecular complexity index is 1190. The second-order valence-corrected chi connectivity index (χ2v) is 6.98. The monoisotopic (exact) mass is 433 g/mol. The fourth-order valence-electron chi connectivity index (χ4n) is 2.72. The minimum absolute atomic E-state index is 0.127. The standard InChI is InChI=1S/C22H16BrN3O2/c23-17-12-10-16(11-13-17)14-24-26-21(15-28-18-6-2-1-3-7-18)25-20-9-5-4-8-19(20)22(26)27/h1-14H,15H2. The highest BCUT2D eigenvalue weighted by atomic mass is 79.9. The van der Waals surface area contributed by atoms with E-state index in [9.17, 15) is 4.79 Å². The molecule has 1 heterocycles. The highest BCUT2D eigenvalue weighted by Crippen LogP contribution is 2.13. The molecule has 5 nitrogen and oxygen atoms in total. The molecule has 0 saturated heterocycles. The molecule has 0 N–H and O–H groups in total. The van der Waals surface area contributed by atoms with Crippen molar-refractivity contribution >= 4 is 33.0 Å². The zero-order valence-corrected chi connectivity index (χ0v) is 16.4. The molecule has 0 radical (unpaired) electrons. The molecule has 0 atom stereocenters. The van der Waals surface area contributed by atoms with E-state index >= 15 is 0 Å². The van der Waals surface area contributed by atoms with Gasteiger partial charge in [-0.05, 0) is 42.0 Å². The first-order valence-electron chi connectivity index (χ1n) is 8.69. The molecule has 4 rings (SSSR count). The molecule has 0 unspecified atom stereocenters. The van der Waals surface area contributed by atoms with Gasteiger partial charge in [0.2, 0.25) is 0 Å². The normalized spacial score (nSPS) is 11.2. The SMILES string of the molecule is O=c1c2ccccc2nc(COc2ccccc2)n1N=Cc1ccc(Br)cc1. The third-order valence-corrected chi connectivity index (χ3v) is 4.65. The summed E-state index contributed by atoms with van der Waals surface area (Å²) >= 11 is 3.41. The number of rotatable bonds is 5. The van der Waals surface area contributed by atoms with Crippen LogP contribution in [0.4, 0.5) is 0 Å². The molecular weight excluding hydrogens is 418 g/mol. The molecule has 4 aromatic rings. The third-order valence-electron chi connectivity index (χ3n) is 4.12. The largest absolute Gasteiger partial charge is 0.486 e. The average Bonchev–Trinajstić information content (AvgIpc) is 2.74. The van der Waals surface area contributed by atoms with Gasteiger partial charge in [-0.25, -0.2) is 4.98 Å². The molecule has 0 spiro atoms. The van der Waals surface area contributed by atoms with Gasteiger partial charge in [-0.3, -0.25) is 4.79 Å². The van der Waals surface area contributed by atoms with Crippen molar-refractivity contribution in [1.29, 1.82) is 0 Å². The van der Waals surface area contributed by atoms with E-state index < -0.39 is 0 Å². The summed E-state index contributed by atoms with van der Waals surface area (Å²) in [7, 11) is 0. The van der Waals surface area contributed by atoms with E-state index in [1.54, 1.807) is 12.3 Å². The lowest BCUT2D eigenvalue weighted by Crippen LogP contribution is -2.23. The van der Waals surface area contributed by atoms with E-state index in [2.05, 4.69) is 26.0 Å². The van der Waals surface area contributed by atoms with Gasteiger partial charge in [-0.15, -0.1) is 0 Å². The lowest BCUT2D eigenvalue weighted by Gasteiger charge is -2.10. The van der Waals surface area contributed by atoms with E-state index in [-0.39, 0.29) is 12.2 Å². The summed E-state index contributed by atoms with van der Waals surface area (Å²) < 4.78 is 8.08. The first kappa shape index (κ1) is 18.1. The number of hydrogen-bond acceptors (Lipinski definition) is 4. The maximum atomic E-state index is 13.0. The third kappa shape index (κ3) is 4.02. The van der Waals surface area contributed by atoms with Gasteiger partial charge < -0.3 is 4.74 Å². The molecule has 138 valence electrons. The minimum Gasteiger partial charge on any atom is -0.486 e. The second kappa shape index (κ2) is 8.19. The fraction of sp³-hybridized carbons (Fsp3) is 0.0455. The summed E-state index contributed by atoms with van der Waals surface area (Å²) in [6.07, 6.45) is 1.64. The Kier molecular flexibility index (Phi) is 5.30. The number of para-hydroxylation sites is 2. The Morgan fingerprint density at radius 3 is 2.46 bits per heavy atom. The van der Waals surface area contributed by atoms with Gasteiger partial charge in [0.05, 0.1) is 17.1 Å². The van der Waals surface area contributed by atoms with E-state index in [0.717, 1.165) is 10.0 Å². The van der Waals surface area contributed by atoms with Crippen molar-refractivity contribution in [2.24, 2.45) is 5.10 Å². The van der Waals surface area contributed by atoms with Crippen molar-refractivity contribution in [3.63, 3.8) is 0 Å². The molecule has 0 aliphatic carbocycles. The van der Waals surface area contributed by atoms with Crippen molar-refractivity contribution in [2.45, 2.75) is 6.61 Å². The molecule has 3 aromatic carbocycles. The van der Waals surface area contributed by atoms with E-state index in [1.165, 1.54) is 4.68 Å². The highest BCUT2D eigenvalue weighted by Gasteiger charge is 2.11. The average molecular weight is 434 g/mol. The van der Waals surface area contributed by atoms with Crippen LogP contribution in [0.3, 0.4) is 0 Å². The fourth-order valence-corrected chi connectivity index (χ4v) is 2.98. The van der Waals surface area contributed by atoms with Crippen LogP contribution in [0.1, 0.15) is 11.4 Å². The number of ether oxygens (including phenoxy) is 1. The van der Waals surface area contributed by atoms with Crippen LogP contribution < -0.4 is 10.3 Å². The molecule has 6 heteroatoms. The number of hydrogen-bond donors (Lipinski definition) is 0. The predicted molar refractivity (Wildman–Crippen MR) is 114 cm³/mol. The molecule has 0 saturated carbocycles. The molecule has 0 bridgehead atoms. The Hall–Kier alpha value is -3.25. The van der Waals surface area contributed by atoms with Gasteiger partial charge in [0.15, 0.2) is 5.82 Å². The molecular formula is C22H16BrN3O2. The van der Waals surface area contributed by atoms with Crippen LogP contribution in [-0.2, 0) is 6.61 Å². The Balaban J connectivity index is 1.74. The summed E-state index contributed by atoms with van der Waals surface area (Å²) in [5.41, 5.74) is 1.26. The second-order valence-electron chi connectivity index (χ2n) is 6.06. The van der Waals surface area contributed by atoms with E-state index in [4.69, 9.17) is 4.74 Å². The van der Waals surface area contributed by atoms with Crippen molar-refractivity contribution < 1.29 is 4.74 Å². The molecule has 0 aliphatic heterocycles. The summed E-state index contributed by atoms with van der Waals surface area (Å²) in [6, 6.07) is 24.3. The molecule has 0 amide bonds. The van der Waals surface area contributed by atoms with Gasteiger partial charge in [0, 0.05) is 4.47 Å². The summed E-state index contributed by atoms with van der Waals surface area (Å²) in [4.78, 5) is 17.6. The van der Waals surface area contributed by atoms with Crippen LogP contribution in [0.25, 0.3) is 10.9 Å². The van der Waals surface area contributed by atoms with Crippen molar-refractivity contribution in [3.05, 3.63) is 105 Å². The van der Waals surface area contributed by atoms with Crippen LogP contribution in [0.15, 0.2) is 93.2 Å². The molecule has 28 heavy (non-hydrogen) atoms. The smallest absolute Gasteiger partial charge is 0.282 e. The van der Waals surface area contributed by atoms with E-state index in [1.807, 2.05) is 72.8 Å². The molecule has 0 aliphatic rings. The van der Waals surface area contributed by atoms with Gasteiger partial charge in [0.25, 0.3) is 5.56 Å². The van der Waals surface area contributed by atoms with Crippen molar-refractivity contribution in [2.75, 3.05) is 0 Å². The van der Waals surface area contributed by atoms with Gasteiger partial charge in [0.1, 0.15) is 12.4 Å². The highest BCUT2D eigenvalue weighted by molar-refractivity contribution is 9.10. The number of nitrogens with zero attached hydrogens (tertiary/aromatic N) is 3. The van der Waals surface area contributed by atoms with Gasteiger partial charge >= 0.3 is 0 Å². The maximum Gasteiger partial charge on any atom is 0.282 e. The number of aromatic nitrogens is 2. The van der Waals surface area contributed by atoms with Crippen LogP contribution in [0.2, 0.25) is 0 Å². The van der Waals surface area contributed by atoms with Crippen LogP contribution >= 0.6 is 15.9 Å². The number of benzene rings is 3. The quantitative estimate of drug-likeness (QED) is 0.431. The first-order valence-corrected chi connectivity index (χ1v) is 9.48. The topological polar surface area (TPSA) is 56.5 Å². The molecule has 0 fully saturated rings. The lowest BCUT2D eigenvalue weighted by atomic mass is 10.2. The summed E-state index contributed by atoms with van der Waals surface area (Å²) in [5, 5.41) is 4.90. The van der Waals surface area contributed by atoms with Crippen molar-refractivity contribution in [3.8, 4) is 5.75 Å². The zero-order chi connectivity index (χ0) is 19.3. The molecule has 1 aromatic heterocycles.